The van der Waals surface area contributed by atoms with Crippen LogP contribution in [0.25, 0.3) is 0 Å². The molecule has 0 unspecified atom stereocenters. The summed E-state index contributed by atoms with van der Waals surface area (Å²) in [6.07, 6.45) is -9.31. The van der Waals surface area contributed by atoms with E-state index in [1.807, 2.05) is 0 Å². The molecule has 0 aliphatic rings. The lowest BCUT2D eigenvalue weighted by Crippen LogP contribution is -2.48. The smallest absolute Gasteiger partial charge is 0.291 e. The Balaban J connectivity index is 2.25. The van der Waals surface area contributed by atoms with Crippen LogP contribution in [0, 0.1) is 5.82 Å². The minimum atomic E-state index is -4.84. The molecule has 3 rings (SSSR count). The van der Waals surface area contributed by atoms with Gasteiger partial charge in [-0.1, -0.05) is 41.9 Å². The van der Waals surface area contributed by atoms with Crippen LogP contribution in [-0.4, -0.2) is 29.7 Å². The molecule has 0 aliphatic heterocycles. The van der Waals surface area contributed by atoms with Gasteiger partial charge >= 0.3 is 12.4 Å². The zero-order chi connectivity index (χ0) is 25.9. The van der Waals surface area contributed by atoms with Gasteiger partial charge in [-0.2, -0.15) is 26.3 Å². The molecule has 2 nitrogen and oxygen atoms in total. The van der Waals surface area contributed by atoms with Crippen LogP contribution in [0.3, 0.4) is 0 Å². The van der Waals surface area contributed by atoms with Crippen LogP contribution >= 0.6 is 11.6 Å². The number of likely N-dealkylation sites (N-methyl/N-ethyl adjacent to an activating group) is 1. The van der Waals surface area contributed by atoms with Gasteiger partial charge in [-0.25, -0.2) is 4.39 Å². The molecular formula is C25H22ClF7N2. The Labute approximate surface area is 203 Å². The quantitative estimate of drug-likeness (QED) is 0.285. The van der Waals surface area contributed by atoms with Crippen molar-refractivity contribution in [3.8, 4) is 0 Å². The maximum absolute atomic E-state index is 14.6. The van der Waals surface area contributed by atoms with E-state index in [9.17, 15) is 30.7 Å². The lowest BCUT2D eigenvalue weighted by atomic mass is 9.78. The molecule has 1 heterocycles. The van der Waals surface area contributed by atoms with E-state index in [0.29, 0.717) is 11.6 Å². The number of halogens is 8. The van der Waals surface area contributed by atoms with E-state index >= 15 is 0 Å². The van der Waals surface area contributed by atoms with E-state index in [4.69, 9.17) is 11.6 Å². The van der Waals surface area contributed by atoms with Crippen molar-refractivity contribution < 1.29 is 30.7 Å². The molecule has 0 N–H and O–H groups in total. The fraction of sp³-hybridized carbons (Fsp3) is 0.320. The van der Waals surface area contributed by atoms with Crippen LogP contribution in [0.15, 0.2) is 66.9 Å². The second-order valence-corrected chi connectivity index (χ2v) is 8.69. The first-order valence-electron chi connectivity index (χ1n) is 10.6. The molecule has 0 aliphatic carbocycles. The summed E-state index contributed by atoms with van der Waals surface area (Å²) >= 11 is 5.98. The van der Waals surface area contributed by atoms with E-state index in [0.717, 1.165) is 12.1 Å². The molecular weight excluding hydrogens is 497 g/mol. The van der Waals surface area contributed by atoms with Gasteiger partial charge in [0.25, 0.3) is 0 Å². The van der Waals surface area contributed by atoms with Gasteiger partial charge in [0.1, 0.15) is 5.82 Å². The lowest BCUT2D eigenvalue weighted by molar-refractivity contribution is -0.138. The summed E-state index contributed by atoms with van der Waals surface area (Å²) in [5.74, 6) is -1.12. The van der Waals surface area contributed by atoms with Crippen molar-refractivity contribution >= 4 is 11.6 Å². The zero-order valence-corrected chi connectivity index (χ0v) is 19.4. The van der Waals surface area contributed by atoms with Crippen molar-refractivity contribution in [2.24, 2.45) is 0 Å². The molecule has 0 fully saturated rings. The van der Waals surface area contributed by atoms with Gasteiger partial charge in [0.15, 0.2) is 0 Å². The van der Waals surface area contributed by atoms with Gasteiger partial charge in [0, 0.05) is 19.0 Å². The first-order chi connectivity index (χ1) is 16.3. The van der Waals surface area contributed by atoms with Crippen molar-refractivity contribution in [1.29, 1.82) is 0 Å². The summed E-state index contributed by atoms with van der Waals surface area (Å²) in [5.41, 5.74) is -1.93. The molecule has 10 heteroatoms. The highest BCUT2D eigenvalue weighted by molar-refractivity contribution is 6.30. The minimum absolute atomic E-state index is 0.0196. The van der Waals surface area contributed by atoms with Gasteiger partial charge in [0.05, 0.1) is 21.8 Å². The van der Waals surface area contributed by atoms with Gasteiger partial charge in [-0.15, -0.1) is 0 Å². The Morgan fingerprint density at radius 3 is 2.11 bits per heavy atom. The summed E-state index contributed by atoms with van der Waals surface area (Å²) in [5, 5.41) is 0.261. The van der Waals surface area contributed by atoms with Crippen molar-refractivity contribution in [1.82, 2.24) is 9.88 Å². The van der Waals surface area contributed by atoms with Crippen LogP contribution in [0.5, 0.6) is 0 Å². The van der Waals surface area contributed by atoms with Gasteiger partial charge < -0.3 is 0 Å². The molecule has 0 spiro atoms. The molecule has 2 aromatic carbocycles. The normalized spacial score (nSPS) is 14.2. The number of benzene rings is 2. The third kappa shape index (κ3) is 6.73. The van der Waals surface area contributed by atoms with Gasteiger partial charge in [-0.3, -0.25) is 9.88 Å². The first kappa shape index (κ1) is 26.9. The molecule has 35 heavy (non-hydrogen) atoms. The van der Waals surface area contributed by atoms with Gasteiger partial charge in [-0.05, 0) is 61.5 Å². The number of pyridine rings is 1. The number of nitrogens with zero attached hydrogens (tertiary/aromatic N) is 2. The van der Waals surface area contributed by atoms with E-state index in [2.05, 4.69) is 4.98 Å². The van der Waals surface area contributed by atoms with Crippen molar-refractivity contribution in [2.45, 2.75) is 37.2 Å². The molecule has 0 saturated carbocycles. The Morgan fingerprint density at radius 2 is 1.54 bits per heavy atom. The number of hydrogen-bond acceptors (Lipinski definition) is 2. The number of rotatable bonds is 8. The Kier molecular flexibility index (Phi) is 8.11. The lowest BCUT2D eigenvalue weighted by Gasteiger charge is -2.43. The van der Waals surface area contributed by atoms with E-state index in [1.54, 1.807) is 30.3 Å². The number of aromatic nitrogens is 1. The monoisotopic (exact) mass is 518 g/mol. The third-order valence-electron chi connectivity index (χ3n) is 5.76. The summed E-state index contributed by atoms with van der Waals surface area (Å²) in [6, 6.07) is 13.8. The maximum atomic E-state index is 14.6. The number of hydrogen-bond donors (Lipinski definition) is 0. The van der Waals surface area contributed by atoms with Crippen molar-refractivity contribution in [3.05, 3.63) is 100 Å². The van der Waals surface area contributed by atoms with Gasteiger partial charge in [0.2, 0.25) is 0 Å². The summed E-state index contributed by atoms with van der Waals surface area (Å²) < 4.78 is 94.0. The standard InChI is InChI=1S/C25H22ClF7N2/c1-35(11-5-10-24(28,29)30)23(15-17-6-3-2-4-7-17,22-9-8-20(26)16-34-22)18-12-19(25(31,32)33)14-21(27)13-18/h2-4,6-9,12-14,16H,5,10-11,15H2,1H3/t23-/m0/s1. The topological polar surface area (TPSA) is 16.1 Å². The molecule has 0 bridgehead atoms. The third-order valence-corrected chi connectivity index (χ3v) is 5.99. The largest absolute Gasteiger partial charge is 0.416 e. The van der Waals surface area contributed by atoms with Crippen LogP contribution in [0.2, 0.25) is 5.02 Å². The van der Waals surface area contributed by atoms with E-state index in [1.165, 1.54) is 30.3 Å². The average Bonchev–Trinajstić information content (AvgIpc) is 2.77. The Morgan fingerprint density at radius 1 is 0.886 bits per heavy atom. The van der Waals surface area contributed by atoms with Crippen molar-refractivity contribution in [3.63, 3.8) is 0 Å². The summed E-state index contributed by atoms with van der Waals surface area (Å²) in [7, 11) is 1.49. The predicted molar refractivity (Wildman–Crippen MR) is 119 cm³/mol. The van der Waals surface area contributed by atoms with Crippen LogP contribution < -0.4 is 0 Å². The second kappa shape index (κ2) is 10.5. The highest BCUT2D eigenvalue weighted by Crippen LogP contribution is 2.41. The van der Waals surface area contributed by atoms with Crippen molar-refractivity contribution in [2.75, 3.05) is 13.6 Å². The Bertz CT molecular complexity index is 1120. The Hall–Kier alpha value is -2.65. The van der Waals surface area contributed by atoms with E-state index < -0.39 is 35.7 Å². The fourth-order valence-corrected chi connectivity index (χ4v) is 4.21. The molecule has 1 aromatic heterocycles. The first-order valence-corrected chi connectivity index (χ1v) is 11.0. The number of alkyl halides is 6. The molecule has 3 aromatic rings. The summed E-state index contributed by atoms with van der Waals surface area (Å²) in [6.45, 7) is -0.144. The second-order valence-electron chi connectivity index (χ2n) is 8.25. The molecule has 0 saturated heterocycles. The highest BCUT2D eigenvalue weighted by atomic mass is 35.5. The zero-order valence-electron chi connectivity index (χ0n) is 18.6. The molecule has 188 valence electrons. The summed E-state index contributed by atoms with van der Waals surface area (Å²) in [4.78, 5) is 5.82. The highest BCUT2D eigenvalue weighted by Gasteiger charge is 2.42. The van der Waals surface area contributed by atoms with Crippen LogP contribution in [0.1, 0.15) is 35.2 Å². The maximum Gasteiger partial charge on any atom is 0.416 e. The average molecular weight is 519 g/mol. The predicted octanol–water partition coefficient (Wildman–Crippen LogP) is 7.65. The SMILES string of the molecule is CN(CCCC(F)(F)F)[C@@](Cc1ccccc1)(c1cc(F)cc(C(F)(F)F)c1)c1ccc(Cl)cn1. The minimum Gasteiger partial charge on any atom is -0.291 e. The van der Waals surface area contributed by atoms with Crippen LogP contribution in [0.4, 0.5) is 30.7 Å². The molecule has 0 radical (unpaired) electrons. The fourth-order valence-electron chi connectivity index (χ4n) is 4.10. The van der Waals surface area contributed by atoms with E-state index in [-0.39, 0.29) is 35.7 Å². The molecule has 1 atom stereocenters. The molecule has 0 amide bonds. The van der Waals surface area contributed by atoms with Crippen LogP contribution in [-0.2, 0) is 18.1 Å².